The van der Waals surface area contributed by atoms with Crippen LogP contribution in [0.25, 0.3) is 12.2 Å². The molecule has 3 aliphatic rings. The van der Waals surface area contributed by atoms with Crippen LogP contribution in [-0.4, -0.2) is 11.4 Å². The van der Waals surface area contributed by atoms with Crippen LogP contribution in [0.2, 0.25) is 0 Å². The Balaban J connectivity index is 0.00000231. The maximum Gasteiger partial charge on any atom is 2.00 e. The fourth-order valence-electron chi connectivity index (χ4n) is 3.93. The number of allylic oxidation sites excluding steroid dienone is 4. The molecule has 5 rings (SSSR count). The van der Waals surface area contributed by atoms with Crippen molar-refractivity contribution in [2.24, 2.45) is 9.98 Å². The molecule has 0 aromatic carbocycles. The first-order valence-corrected chi connectivity index (χ1v) is 9.98. The van der Waals surface area contributed by atoms with Crippen LogP contribution >= 0.6 is 0 Å². The van der Waals surface area contributed by atoms with E-state index in [1.807, 2.05) is 54.6 Å². The van der Waals surface area contributed by atoms with Crippen molar-refractivity contribution in [3.8, 4) is 6.07 Å². The average Bonchev–Trinajstić information content (AvgIpc) is 3.48. The summed E-state index contributed by atoms with van der Waals surface area (Å²) in [7, 11) is 0. The number of nitrogens with zero attached hydrogens (tertiary/aromatic N) is 5. The molecule has 2 aromatic rings. The van der Waals surface area contributed by atoms with E-state index in [4.69, 9.17) is 20.0 Å². The van der Waals surface area contributed by atoms with E-state index in [-0.39, 0.29) is 22.2 Å². The third-order valence-electron chi connectivity index (χ3n) is 6.04. The van der Waals surface area contributed by atoms with Gasteiger partial charge in [-0.25, -0.2) is 0 Å². The van der Waals surface area contributed by atoms with Crippen LogP contribution in [-0.2, 0) is 27.6 Å². The molecular formula is C25H21CoN5. The van der Waals surface area contributed by atoms with E-state index >= 15 is 0 Å². The van der Waals surface area contributed by atoms with Gasteiger partial charge in [0.1, 0.15) is 6.07 Å². The van der Waals surface area contributed by atoms with E-state index in [1.165, 1.54) is 0 Å². The molecular weight excluding hydrogens is 429 g/mol. The molecule has 0 atom stereocenters. The summed E-state index contributed by atoms with van der Waals surface area (Å²) in [4.78, 5) is 19.3. The molecule has 5 nitrogen and oxygen atoms in total. The molecule has 0 saturated heterocycles. The van der Waals surface area contributed by atoms with E-state index in [1.54, 1.807) is 0 Å². The number of fused-ring (bicyclic) bond motifs is 6. The second-order valence-corrected chi connectivity index (χ2v) is 8.86. The van der Waals surface area contributed by atoms with Gasteiger partial charge in [0.05, 0.1) is 22.7 Å². The molecule has 0 spiro atoms. The number of hydrogen-bond acceptors (Lipinski definition) is 3. The first kappa shape index (κ1) is 21.1. The minimum atomic E-state index is -0.432. The fraction of sp³-hybridized carbons (Fsp3) is 0.240. The Morgan fingerprint density at radius 3 is 2.03 bits per heavy atom. The van der Waals surface area contributed by atoms with Gasteiger partial charge in [0, 0.05) is 16.5 Å². The number of nitriles is 1. The van der Waals surface area contributed by atoms with Crippen molar-refractivity contribution in [3.63, 3.8) is 0 Å². The van der Waals surface area contributed by atoms with Crippen LogP contribution in [0, 0.1) is 11.3 Å². The molecule has 1 radical (unpaired) electrons. The first-order valence-electron chi connectivity index (χ1n) is 9.98. The monoisotopic (exact) mass is 450 g/mol. The molecule has 0 fully saturated rings. The Kier molecular flexibility index (Phi) is 4.92. The van der Waals surface area contributed by atoms with Gasteiger partial charge in [-0.1, -0.05) is 58.0 Å². The van der Waals surface area contributed by atoms with Gasteiger partial charge < -0.3 is 9.97 Å². The van der Waals surface area contributed by atoms with Gasteiger partial charge in [-0.05, 0) is 24.3 Å². The molecule has 0 N–H and O–H groups in total. The smallest absolute Gasteiger partial charge is 0.660 e. The van der Waals surface area contributed by atoms with Crippen molar-refractivity contribution >= 4 is 23.6 Å². The molecule has 3 aliphatic heterocycles. The Hall–Kier alpha value is -3.14. The van der Waals surface area contributed by atoms with Gasteiger partial charge in [-0.15, -0.1) is 22.8 Å². The van der Waals surface area contributed by atoms with Gasteiger partial charge in [-0.3, -0.25) is 9.98 Å². The van der Waals surface area contributed by atoms with E-state index in [2.05, 4.69) is 33.8 Å². The summed E-state index contributed by atoms with van der Waals surface area (Å²) in [6.45, 7) is 8.40. The molecule has 8 bridgehead atoms. The molecule has 0 saturated carbocycles. The van der Waals surface area contributed by atoms with E-state index in [0.717, 1.165) is 39.9 Å². The van der Waals surface area contributed by atoms with Crippen molar-refractivity contribution in [2.45, 2.75) is 38.5 Å². The second kappa shape index (κ2) is 7.22. The van der Waals surface area contributed by atoms with Crippen LogP contribution in [0.5, 0.6) is 0 Å². The molecule has 155 valence electrons. The Morgan fingerprint density at radius 1 is 0.774 bits per heavy atom. The van der Waals surface area contributed by atoms with Crippen LogP contribution < -0.4 is 9.97 Å². The van der Waals surface area contributed by atoms with Gasteiger partial charge in [-0.2, -0.15) is 5.26 Å². The molecule has 0 aliphatic carbocycles. The van der Waals surface area contributed by atoms with Crippen molar-refractivity contribution in [2.75, 3.05) is 0 Å². The predicted molar refractivity (Wildman–Crippen MR) is 119 cm³/mol. The third kappa shape index (κ3) is 3.40. The molecule has 0 amide bonds. The summed E-state index contributed by atoms with van der Waals surface area (Å²) in [6, 6.07) is 10.3. The summed E-state index contributed by atoms with van der Waals surface area (Å²) in [5, 5.41) is 9.66. The number of hydrogen-bond donors (Lipinski definition) is 0. The first-order chi connectivity index (χ1) is 14.3. The minimum Gasteiger partial charge on any atom is -0.660 e. The summed E-state index contributed by atoms with van der Waals surface area (Å²) in [5.74, 6) is 0. The summed E-state index contributed by atoms with van der Waals surface area (Å²) in [5.41, 5.74) is 6.58. The Labute approximate surface area is 192 Å². The maximum atomic E-state index is 9.66. The van der Waals surface area contributed by atoms with Gasteiger partial charge in [0.2, 0.25) is 0 Å². The topological polar surface area (TPSA) is 76.7 Å². The number of aromatic nitrogens is 2. The predicted octanol–water partition coefficient (Wildman–Crippen LogP) is 4.46. The van der Waals surface area contributed by atoms with Gasteiger partial charge >= 0.3 is 16.8 Å². The van der Waals surface area contributed by atoms with Crippen molar-refractivity contribution in [1.29, 1.82) is 5.26 Å². The number of aliphatic imine (C=N–C) groups is 2. The van der Waals surface area contributed by atoms with Crippen molar-refractivity contribution in [1.82, 2.24) is 9.97 Å². The normalized spacial score (nSPS) is 23.4. The molecule has 31 heavy (non-hydrogen) atoms. The van der Waals surface area contributed by atoms with Gasteiger partial charge in [0.25, 0.3) is 0 Å². The van der Waals surface area contributed by atoms with Crippen molar-refractivity contribution < 1.29 is 16.8 Å². The average molecular weight is 450 g/mol. The second-order valence-electron chi connectivity index (χ2n) is 8.86. The van der Waals surface area contributed by atoms with Crippen LogP contribution in [0.3, 0.4) is 0 Å². The Morgan fingerprint density at radius 2 is 1.39 bits per heavy atom. The molecule has 5 heterocycles. The Bertz CT molecular complexity index is 1300. The van der Waals surface area contributed by atoms with Crippen molar-refractivity contribution in [3.05, 3.63) is 82.2 Å². The SMILES string of the molecule is CC1(C)C2=N/C(=C\c3ccc([n-]3)C(C)(C)C3=N/C(=C\c4ccc1[n-]4)C(C#N)=C3)C=C2.[Co+2]. The molecule has 0 unspecified atom stereocenters. The molecule has 6 heteroatoms. The largest absolute Gasteiger partial charge is 2.00 e. The zero-order valence-corrected chi connectivity index (χ0v) is 18.8. The zero-order valence-electron chi connectivity index (χ0n) is 17.8. The van der Waals surface area contributed by atoms with Crippen LogP contribution in [0.4, 0.5) is 0 Å². The van der Waals surface area contributed by atoms with Crippen LogP contribution in [0.15, 0.2) is 69.4 Å². The third-order valence-corrected chi connectivity index (χ3v) is 6.04. The fourth-order valence-corrected chi connectivity index (χ4v) is 3.93. The standard InChI is InChI=1S/C25H21N5.Co/c1-24(2)20-8-5-16(27-20)12-17-6-9-22(28-17)25(3,4)23-11-15(14-26)19(30-23)13-18-7-10-21(24)29-18;/h5-13H,1-4H3;/q-2;+2/b16-12-,19-13-;. The summed E-state index contributed by atoms with van der Waals surface area (Å²) >= 11 is 0. The van der Waals surface area contributed by atoms with E-state index in [0.29, 0.717) is 11.3 Å². The quantitative estimate of drug-likeness (QED) is 0.595. The molecule has 2 aromatic heterocycles. The van der Waals surface area contributed by atoms with E-state index < -0.39 is 5.41 Å². The summed E-state index contributed by atoms with van der Waals surface area (Å²) in [6.07, 6.45) is 9.81. The summed E-state index contributed by atoms with van der Waals surface area (Å²) < 4.78 is 0. The van der Waals surface area contributed by atoms with E-state index in [9.17, 15) is 5.26 Å². The van der Waals surface area contributed by atoms with Gasteiger partial charge in [0.15, 0.2) is 0 Å². The number of rotatable bonds is 0. The van der Waals surface area contributed by atoms with Crippen LogP contribution in [0.1, 0.15) is 50.5 Å². The maximum absolute atomic E-state index is 9.66. The minimum absolute atomic E-state index is 0. The zero-order chi connectivity index (χ0) is 21.1.